The van der Waals surface area contributed by atoms with Crippen LogP contribution in [0.1, 0.15) is 5.69 Å². The predicted octanol–water partition coefficient (Wildman–Crippen LogP) is 1.08. The fourth-order valence-electron chi connectivity index (χ4n) is 1.37. The highest BCUT2D eigenvalue weighted by Gasteiger charge is 2.04. The van der Waals surface area contributed by atoms with E-state index in [0.717, 1.165) is 17.1 Å². The standard InChI is InChI=1S/C10H11N3O/c1-7-6-8(12-11-7)9-4-3-5-10(14)13(9)2/h3-6H,1-2H3,(H,11,12). The second-order valence-corrected chi connectivity index (χ2v) is 3.24. The molecule has 0 bridgehead atoms. The number of pyridine rings is 1. The second-order valence-electron chi connectivity index (χ2n) is 3.24. The predicted molar refractivity (Wildman–Crippen MR) is 54.0 cm³/mol. The molecule has 14 heavy (non-hydrogen) atoms. The molecular formula is C10H11N3O. The highest BCUT2D eigenvalue weighted by molar-refractivity contribution is 5.54. The molecular weight excluding hydrogens is 178 g/mol. The number of aromatic nitrogens is 3. The zero-order valence-electron chi connectivity index (χ0n) is 8.11. The molecule has 0 saturated carbocycles. The number of hydrogen-bond donors (Lipinski definition) is 1. The largest absolute Gasteiger partial charge is 0.310 e. The molecule has 0 radical (unpaired) electrons. The van der Waals surface area contributed by atoms with Gasteiger partial charge in [-0.05, 0) is 19.1 Å². The summed E-state index contributed by atoms with van der Waals surface area (Å²) in [6.45, 7) is 1.93. The molecule has 0 fully saturated rings. The molecule has 2 heterocycles. The molecule has 0 saturated heterocycles. The summed E-state index contributed by atoms with van der Waals surface area (Å²) in [4.78, 5) is 11.3. The second kappa shape index (κ2) is 3.14. The molecule has 0 unspecified atom stereocenters. The highest BCUT2D eigenvalue weighted by Crippen LogP contribution is 2.14. The van der Waals surface area contributed by atoms with Crippen molar-refractivity contribution in [3.8, 4) is 11.4 Å². The number of aromatic amines is 1. The van der Waals surface area contributed by atoms with Gasteiger partial charge in [-0.2, -0.15) is 5.10 Å². The van der Waals surface area contributed by atoms with Gasteiger partial charge in [-0.1, -0.05) is 6.07 Å². The maximum atomic E-state index is 11.3. The van der Waals surface area contributed by atoms with Crippen LogP contribution in [-0.2, 0) is 7.05 Å². The lowest BCUT2D eigenvalue weighted by Gasteiger charge is -2.02. The first kappa shape index (κ1) is 8.74. The molecule has 0 aliphatic carbocycles. The third-order valence-electron chi connectivity index (χ3n) is 2.15. The fourth-order valence-corrected chi connectivity index (χ4v) is 1.37. The van der Waals surface area contributed by atoms with Gasteiger partial charge in [0.05, 0.1) is 5.69 Å². The van der Waals surface area contributed by atoms with Crippen LogP contribution in [0.2, 0.25) is 0 Å². The smallest absolute Gasteiger partial charge is 0.250 e. The van der Waals surface area contributed by atoms with Crippen molar-refractivity contribution in [3.63, 3.8) is 0 Å². The average Bonchev–Trinajstić information content (AvgIpc) is 2.57. The molecule has 4 nitrogen and oxygen atoms in total. The van der Waals surface area contributed by atoms with Gasteiger partial charge in [-0.25, -0.2) is 0 Å². The van der Waals surface area contributed by atoms with E-state index in [-0.39, 0.29) is 5.56 Å². The first-order chi connectivity index (χ1) is 6.68. The van der Waals surface area contributed by atoms with Gasteiger partial charge in [-0.15, -0.1) is 0 Å². The Labute approximate surface area is 81.2 Å². The Hall–Kier alpha value is -1.84. The van der Waals surface area contributed by atoms with Crippen molar-refractivity contribution in [2.24, 2.45) is 7.05 Å². The van der Waals surface area contributed by atoms with Gasteiger partial charge in [0.1, 0.15) is 5.69 Å². The molecule has 0 spiro atoms. The molecule has 2 aromatic heterocycles. The summed E-state index contributed by atoms with van der Waals surface area (Å²) in [6.07, 6.45) is 0. The van der Waals surface area contributed by atoms with Crippen molar-refractivity contribution in [1.29, 1.82) is 0 Å². The molecule has 0 aromatic carbocycles. The maximum Gasteiger partial charge on any atom is 0.250 e. The lowest BCUT2D eigenvalue weighted by molar-refractivity contribution is 0.863. The minimum atomic E-state index is -0.0249. The van der Waals surface area contributed by atoms with Crippen molar-refractivity contribution in [2.75, 3.05) is 0 Å². The summed E-state index contributed by atoms with van der Waals surface area (Å²) in [7, 11) is 1.74. The van der Waals surface area contributed by atoms with Crippen molar-refractivity contribution in [1.82, 2.24) is 14.8 Å². The van der Waals surface area contributed by atoms with E-state index in [2.05, 4.69) is 10.2 Å². The van der Waals surface area contributed by atoms with Crippen molar-refractivity contribution < 1.29 is 0 Å². The van der Waals surface area contributed by atoms with E-state index in [4.69, 9.17) is 0 Å². The summed E-state index contributed by atoms with van der Waals surface area (Å²) < 4.78 is 1.58. The molecule has 0 aliphatic heterocycles. The molecule has 72 valence electrons. The Kier molecular flexibility index (Phi) is 1.96. The lowest BCUT2D eigenvalue weighted by atomic mass is 10.2. The molecule has 1 N–H and O–H groups in total. The zero-order valence-corrected chi connectivity index (χ0v) is 8.11. The third-order valence-corrected chi connectivity index (χ3v) is 2.15. The topological polar surface area (TPSA) is 50.7 Å². The Morgan fingerprint density at radius 2 is 2.21 bits per heavy atom. The lowest BCUT2D eigenvalue weighted by Crippen LogP contribution is -2.16. The Morgan fingerprint density at radius 1 is 1.43 bits per heavy atom. The van der Waals surface area contributed by atoms with Crippen molar-refractivity contribution in [3.05, 3.63) is 40.3 Å². The van der Waals surface area contributed by atoms with Crippen LogP contribution < -0.4 is 5.56 Å². The highest BCUT2D eigenvalue weighted by atomic mass is 16.1. The van der Waals surface area contributed by atoms with Gasteiger partial charge >= 0.3 is 0 Å². The number of aryl methyl sites for hydroxylation is 1. The van der Waals surface area contributed by atoms with Gasteiger partial charge in [-0.3, -0.25) is 9.89 Å². The molecule has 4 heteroatoms. The van der Waals surface area contributed by atoms with Gasteiger partial charge in [0, 0.05) is 18.8 Å². The van der Waals surface area contributed by atoms with Crippen LogP contribution in [0.25, 0.3) is 11.4 Å². The maximum absolute atomic E-state index is 11.3. The van der Waals surface area contributed by atoms with Crippen LogP contribution in [0.3, 0.4) is 0 Å². The molecule has 2 rings (SSSR count). The van der Waals surface area contributed by atoms with Crippen LogP contribution >= 0.6 is 0 Å². The van der Waals surface area contributed by atoms with E-state index in [1.807, 2.05) is 19.1 Å². The van der Waals surface area contributed by atoms with Gasteiger partial charge in [0.25, 0.3) is 5.56 Å². The average molecular weight is 189 g/mol. The summed E-state index contributed by atoms with van der Waals surface area (Å²) in [6, 6.07) is 7.05. The summed E-state index contributed by atoms with van der Waals surface area (Å²) >= 11 is 0. The molecule has 0 amide bonds. The molecule has 0 atom stereocenters. The van der Waals surface area contributed by atoms with Crippen LogP contribution in [0.5, 0.6) is 0 Å². The summed E-state index contributed by atoms with van der Waals surface area (Å²) in [5.74, 6) is 0. The first-order valence-corrected chi connectivity index (χ1v) is 4.37. The normalized spacial score (nSPS) is 10.4. The van der Waals surface area contributed by atoms with E-state index in [1.165, 1.54) is 6.07 Å². The Bertz CT molecular complexity index is 510. The first-order valence-electron chi connectivity index (χ1n) is 4.37. The number of hydrogen-bond acceptors (Lipinski definition) is 2. The minimum absolute atomic E-state index is 0.0249. The summed E-state index contributed by atoms with van der Waals surface area (Å²) in [5.41, 5.74) is 2.57. The van der Waals surface area contributed by atoms with Crippen molar-refractivity contribution >= 4 is 0 Å². The number of nitrogens with one attached hydrogen (secondary N) is 1. The van der Waals surface area contributed by atoms with Gasteiger partial charge in [0.2, 0.25) is 0 Å². The van der Waals surface area contributed by atoms with E-state index in [0.29, 0.717) is 0 Å². The SMILES string of the molecule is Cc1cc(-c2cccc(=O)n2C)n[nH]1. The Balaban J connectivity index is 2.63. The van der Waals surface area contributed by atoms with E-state index < -0.39 is 0 Å². The van der Waals surface area contributed by atoms with Crippen LogP contribution in [-0.4, -0.2) is 14.8 Å². The summed E-state index contributed by atoms with van der Waals surface area (Å²) in [5, 5.41) is 6.95. The van der Waals surface area contributed by atoms with Crippen molar-refractivity contribution in [2.45, 2.75) is 6.92 Å². The van der Waals surface area contributed by atoms with Crippen LogP contribution in [0, 0.1) is 6.92 Å². The minimum Gasteiger partial charge on any atom is -0.310 e. The van der Waals surface area contributed by atoms with E-state index in [9.17, 15) is 4.79 Å². The monoisotopic (exact) mass is 189 g/mol. The van der Waals surface area contributed by atoms with Crippen LogP contribution in [0.15, 0.2) is 29.1 Å². The zero-order chi connectivity index (χ0) is 10.1. The number of H-pyrrole nitrogens is 1. The quantitative estimate of drug-likeness (QED) is 0.729. The van der Waals surface area contributed by atoms with Crippen LogP contribution in [0.4, 0.5) is 0 Å². The third kappa shape index (κ3) is 1.35. The molecule has 0 aliphatic rings. The molecule has 2 aromatic rings. The number of rotatable bonds is 1. The van der Waals surface area contributed by atoms with E-state index in [1.54, 1.807) is 17.7 Å². The number of nitrogens with zero attached hydrogens (tertiary/aromatic N) is 2. The van der Waals surface area contributed by atoms with Gasteiger partial charge < -0.3 is 4.57 Å². The van der Waals surface area contributed by atoms with Gasteiger partial charge in [0.15, 0.2) is 0 Å². The fraction of sp³-hybridized carbons (Fsp3) is 0.200. The Morgan fingerprint density at radius 3 is 2.86 bits per heavy atom. The van der Waals surface area contributed by atoms with E-state index >= 15 is 0 Å².